The Bertz CT molecular complexity index is 284. The third-order valence-electron chi connectivity index (χ3n) is 3.15. The Labute approximate surface area is 109 Å². The zero-order valence-electron chi connectivity index (χ0n) is 11.3. The van der Waals surface area contributed by atoms with Crippen LogP contribution in [-0.2, 0) is 11.2 Å². The lowest BCUT2D eigenvalue weighted by Crippen LogP contribution is -2.47. The van der Waals surface area contributed by atoms with E-state index in [2.05, 4.69) is 41.7 Å². The molecule has 0 aliphatic heterocycles. The second-order valence-corrected chi connectivity index (χ2v) is 5.50. The van der Waals surface area contributed by atoms with Gasteiger partial charge in [0, 0.05) is 30.6 Å². The fourth-order valence-electron chi connectivity index (χ4n) is 1.97. The van der Waals surface area contributed by atoms with Gasteiger partial charge in [-0.3, -0.25) is 4.90 Å². The van der Waals surface area contributed by atoms with Crippen molar-refractivity contribution >= 4 is 11.3 Å². The molecule has 0 radical (unpaired) electrons. The first kappa shape index (κ1) is 14.6. The minimum absolute atomic E-state index is 0.431. The molecule has 1 rings (SSSR count). The summed E-state index contributed by atoms with van der Waals surface area (Å²) in [6, 6.07) is 5.29. The summed E-state index contributed by atoms with van der Waals surface area (Å²) in [5, 5.41) is 5.37. The first-order valence-electron chi connectivity index (χ1n) is 6.06. The number of thiophene rings is 1. The lowest BCUT2D eigenvalue weighted by molar-refractivity contribution is 0.0850. The molecule has 0 saturated heterocycles. The second kappa shape index (κ2) is 7.82. The standard InChI is InChI=1S/C13H24N2OS/c1-11(8-13-6-5-7-17-13)15(3)12(9-14-2)10-16-4/h5-7,11-12,14H,8-10H2,1-4H3. The van der Waals surface area contributed by atoms with E-state index in [9.17, 15) is 0 Å². The minimum Gasteiger partial charge on any atom is -0.383 e. The SMILES string of the molecule is CNCC(COC)N(C)C(C)Cc1cccs1. The molecule has 3 nitrogen and oxygen atoms in total. The first-order valence-corrected chi connectivity index (χ1v) is 6.94. The lowest BCUT2D eigenvalue weighted by atomic mass is 10.1. The molecule has 0 aliphatic rings. The van der Waals surface area contributed by atoms with Gasteiger partial charge in [0.05, 0.1) is 6.61 Å². The van der Waals surface area contributed by atoms with E-state index in [0.29, 0.717) is 12.1 Å². The molecule has 0 aromatic carbocycles. The zero-order chi connectivity index (χ0) is 12.7. The van der Waals surface area contributed by atoms with Crippen molar-refractivity contribution in [3.63, 3.8) is 0 Å². The van der Waals surface area contributed by atoms with Gasteiger partial charge < -0.3 is 10.1 Å². The summed E-state index contributed by atoms with van der Waals surface area (Å²) in [6.07, 6.45) is 1.11. The lowest BCUT2D eigenvalue weighted by Gasteiger charge is -2.32. The smallest absolute Gasteiger partial charge is 0.0630 e. The Balaban J connectivity index is 2.50. The highest BCUT2D eigenvalue weighted by Gasteiger charge is 2.19. The molecule has 1 heterocycles. The average molecular weight is 256 g/mol. The zero-order valence-corrected chi connectivity index (χ0v) is 12.1. The summed E-state index contributed by atoms with van der Waals surface area (Å²) < 4.78 is 5.28. The number of rotatable bonds is 8. The van der Waals surface area contributed by atoms with E-state index in [-0.39, 0.29) is 0 Å². The number of nitrogens with zero attached hydrogens (tertiary/aromatic N) is 1. The molecule has 98 valence electrons. The van der Waals surface area contributed by atoms with Crippen molar-refractivity contribution in [1.82, 2.24) is 10.2 Å². The molecule has 0 aliphatic carbocycles. The molecule has 4 heteroatoms. The quantitative estimate of drug-likeness (QED) is 0.768. The van der Waals surface area contributed by atoms with Gasteiger partial charge in [0.2, 0.25) is 0 Å². The van der Waals surface area contributed by atoms with Crippen LogP contribution in [0, 0.1) is 0 Å². The summed E-state index contributed by atoms with van der Waals surface area (Å²) in [5.41, 5.74) is 0. The van der Waals surface area contributed by atoms with E-state index < -0.39 is 0 Å². The Kier molecular flexibility index (Phi) is 6.73. The molecule has 0 spiro atoms. The van der Waals surface area contributed by atoms with Crippen LogP contribution in [0.4, 0.5) is 0 Å². The molecule has 1 aromatic heterocycles. The van der Waals surface area contributed by atoms with Crippen molar-refractivity contribution in [2.24, 2.45) is 0 Å². The van der Waals surface area contributed by atoms with Gasteiger partial charge >= 0.3 is 0 Å². The Morgan fingerprint density at radius 3 is 2.82 bits per heavy atom. The number of likely N-dealkylation sites (N-methyl/N-ethyl adjacent to an activating group) is 2. The molecular formula is C13H24N2OS. The number of hydrogen-bond donors (Lipinski definition) is 1. The van der Waals surface area contributed by atoms with Gasteiger partial charge in [-0.1, -0.05) is 6.07 Å². The van der Waals surface area contributed by atoms with E-state index in [1.165, 1.54) is 4.88 Å². The minimum atomic E-state index is 0.431. The van der Waals surface area contributed by atoms with E-state index in [4.69, 9.17) is 4.74 Å². The summed E-state index contributed by atoms with van der Waals surface area (Å²) in [6.45, 7) is 4.00. The third-order valence-corrected chi connectivity index (χ3v) is 4.05. The molecular weight excluding hydrogens is 232 g/mol. The van der Waals surface area contributed by atoms with Gasteiger partial charge in [-0.15, -0.1) is 11.3 Å². The van der Waals surface area contributed by atoms with Crippen molar-refractivity contribution in [3.05, 3.63) is 22.4 Å². The van der Waals surface area contributed by atoms with Gasteiger partial charge in [0.15, 0.2) is 0 Å². The predicted molar refractivity (Wildman–Crippen MR) is 74.8 cm³/mol. The fraction of sp³-hybridized carbons (Fsp3) is 0.692. The van der Waals surface area contributed by atoms with Crippen LogP contribution in [-0.4, -0.2) is 51.3 Å². The molecule has 2 unspecified atom stereocenters. The maximum atomic E-state index is 5.28. The number of nitrogens with one attached hydrogen (secondary N) is 1. The molecule has 0 amide bonds. The Morgan fingerprint density at radius 1 is 1.53 bits per heavy atom. The van der Waals surface area contributed by atoms with Crippen molar-refractivity contribution < 1.29 is 4.74 Å². The highest BCUT2D eigenvalue weighted by Crippen LogP contribution is 2.14. The average Bonchev–Trinajstić information content (AvgIpc) is 2.80. The van der Waals surface area contributed by atoms with Gasteiger partial charge in [0.1, 0.15) is 0 Å². The summed E-state index contributed by atoms with van der Waals surface area (Å²) in [7, 11) is 5.93. The third kappa shape index (κ3) is 4.76. The van der Waals surface area contributed by atoms with Crippen LogP contribution in [0.1, 0.15) is 11.8 Å². The molecule has 0 saturated carbocycles. The van der Waals surface area contributed by atoms with Crippen molar-refractivity contribution in [2.45, 2.75) is 25.4 Å². The monoisotopic (exact) mass is 256 g/mol. The molecule has 1 N–H and O–H groups in total. The van der Waals surface area contributed by atoms with E-state index >= 15 is 0 Å². The normalized spacial score (nSPS) is 15.1. The highest BCUT2D eigenvalue weighted by molar-refractivity contribution is 7.09. The number of hydrogen-bond acceptors (Lipinski definition) is 4. The van der Waals surface area contributed by atoms with E-state index in [1.807, 2.05) is 18.4 Å². The van der Waals surface area contributed by atoms with Crippen molar-refractivity contribution in [3.8, 4) is 0 Å². The second-order valence-electron chi connectivity index (χ2n) is 4.46. The molecule has 2 atom stereocenters. The van der Waals surface area contributed by atoms with E-state index in [1.54, 1.807) is 7.11 Å². The fourth-order valence-corrected chi connectivity index (χ4v) is 2.80. The van der Waals surface area contributed by atoms with Crippen molar-refractivity contribution in [1.29, 1.82) is 0 Å². The Morgan fingerprint density at radius 2 is 2.29 bits per heavy atom. The van der Waals surface area contributed by atoms with Crippen LogP contribution in [0.3, 0.4) is 0 Å². The summed E-state index contributed by atoms with van der Waals surface area (Å²) in [5.74, 6) is 0. The van der Waals surface area contributed by atoms with Crippen LogP contribution < -0.4 is 5.32 Å². The van der Waals surface area contributed by atoms with Crippen LogP contribution in [0.25, 0.3) is 0 Å². The van der Waals surface area contributed by atoms with Gasteiger partial charge in [-0.05, 0) is 38.9 Å². The molecule has 0 bridgehead atoms. The number of ether oxygens (including phenoxy) is 1. The van der Waals surface area contributed by atoms with Crippen molar-refractivity contribution in [2.75, 3.05) is 34.4 Å². The maximum absolute atomic E-state index is 5.28. The summed E-state index contributed by atoms with van der Waals surface area (Å²) in [4.78, 5) is 3.85. The topological polar surface area (TPSA) is 24.5 Å². The molecule has 17 heavy (non-hydrogen) atoms. The van der Waals surface area contributed by atoms with E-state index in [0.717, 1.165) is 19.6 Å². The van der Waals surface area contributed by atoms with Crippen LogP contribution >= 0.6 is 11.3 Å². The van der Waals surface area contributed by atoms with Crippen LogP contribution in [0.2, 0.25) is 0 Å². The van der Waals surface area contributed by atoms with Gasteiger partial charge in [-0.2, -0.15) is 0 Å². The molecule has 1 aromatic rings. The van der Waals surface area contributed by atoms with Gasteiger partial charge in [-0.25, -0.2) is 0 Å². The predicted octanol–water partition coefficient (Wildman–Crippen LogP) is 1.85. The molecule has 0 fully saturated rings. The largest absolute Gasteiger partial charge is 0.383 e. The summed E-state index contributed by atoms with van der Waals surface area (Å²) >= 11 is 1.83. The Hall–Kier alpha value is -0.420. The van der Waals surface area contributed by atoms with Crippen LogP contribution in [0.5, 0.6) is 0 Å². The van der Waals surface area contributed by atoms with Crippen LogP contribution in [0.15, 0.2) is 17.5 Å². The number of methoxy groups -OCH3 is 1. The highest BCUT2D eigenvalue weighted by atomic mass is 32.1. The maximum Gasteiger partial charge on any atom is 0.0630 e. The first-order chi connectivity index (χ1) is 8.19. The van der Waals surface area contributed by atoms with Gasteiger partial charge in [0.25, 0.3) is 0 Å².